The van der Waals surface area contributed by atoms with E-state index in [4.69, 9.17) is 16.3 Å². The molecule has 2 aliphatic rings. The Kier molecular flexibility index (Phi) is 3.76. The lowest BCUT2D eigenvalue weighted by molar-refractivity contribution is 0.0272. The highest BCUT2D eigenvalue weighted by Gasteiger charge is 2.57. The molecule has 1 amide bonds. The maximum absolute atomic E-state index is 12.1. The van der Waals surface area contributed by atoms with Gasteiger partial charge >= 0.3 is 6.09 Å². The van der Waals surface area contributed by atoms with E-state index in [0.29, 0.717) is 35.9 Å². The Hall–Kier alpha value is -2.08. The molecule has 1 aliphatic carbocycles. The van der Waals surface area contributed by atoms with Gasteiger partial charge in [-0.05, 0) is 32.9 Å². The normalized spacial score (nSPS) is 25.0. The fraction of sp³-hybridized carbons (Fsp3) is 0.500. The predicted molar refractivity (Wildman–Crippen MR) is 96.7 cm³/mol. The average Bonchev–Trinajstić information content (AvgIpc) is 2.97. The Morgan fingerprint density at radius 1 is 1.20 bits per heavy atom. The summed E-state index contributed by atoms with van der Waals surface area (Å²) in [5, 5.41) is 3.78. The van der Waals surface area contributed by atoms with Gasteiger partial charge in [-0.15, -0.1) is 0 Å². The minimum atomic E-state index is -0.463. The number of carbonyl (C=O) groups excluding carboxylic acids is 1. The number of hydrogen-bond acceptors (Lipinski definition) is 5. The minimum Gasteiger partial charge on any atom is -0.444 e. The number of anilines is 1. The lowest BCUT2D eigenvalue weighted by Gasteiger charge is -2.26. The van der Waals surface area contributed by atoms with Crippen molar-refractivity contribution in [3.8, 4) is 0 Å². The fourth-order valence-electron chi connectivity index (χ4n) is 3.44. The number of benzene rings is 1. The van der Waals surface area contributed by atoms with Crippen molar-refractivity contribution in [1.82, 2.24) is 14.9 Å². The summed E-state index contributed by atoms with van der Waals surface area (Å²) < 4.78 is 5.43. The van der Waals surface area contributed by atoms with Crippen molar-refractivity contribution < 1.29 is 9.53 Å². The first-order valence-electron chi connectivity index (χ1n) is 8.48. The highest BCUT2D eigenvalue weighted by Crippen LogP contribution is 2.47. The number of para-hydroxylation sites is 2. The third-order valence-electron chi connectivity index (χ3n) is 4.68. The number of piperidine rings is 1. The van der Waals surface area contributed by atoms with Crippen LogP contribution in [0.15, 0.2) is 24.3 Å². The number of carbonyl (C=O) groups is 1. The Morgan fingerprint density at radius 3 is 2.40 bits per heavy atom. The van der Waals surface area contributed by atoms with Crippen LogP contribution in [0.5, 0.6) is 0 Å². The molecule has 6 nitrogen and oxygen atoms in total. The van der Waals surface area contributed by atoms with Crippen LogP contribution in [0, 0.1) is 11.8 Å². The summed E-state index contributed by atoms with van der Waals surface area (Å²) >= 11 is 6.26. The zero-order chi connectivity index (χ0) is 17.8. The van der Waals surface area contributed by atoms with Crippen LogP contribution < -0.4 is 5.32 Å². The van der Waals surface area contributed by atoms with Crippen molar-refractivity contribution in [3.05, 3.63) is 29.4 Å². The summed E-state index contributed by atoms with van der Waals surface area (Å²) in [5.41, 5.74) is 1.14. The molecule has 1 aromatic heterocycles. The van der Waals surface area contributed by atoms with E-state index in [1.54, 1.807) is 4.90 Å². The summed E-state index contributed by atoms with van der Waals surface area (Å²) in [7, 11) is 0. The monoisotopic (exact) mass is 360 g/mol. The van der Waals surface area contributed by atoms with Crippen LogP contribution in [-0.4, -0.2) is 45.7 Å². The van der Waals surface area contributed by atoms with E-state index in [9.17, 15) is 4.79 Å². The number of halogens is 1. The maximum atomic E-state index is 12.1. The van der Waals surface area contributed by atoms with Gasteiger partial charge < -0.3 is 15.0 Å². The van der Waals surface area contributed by atoms with Crippen molar-refractivity contribution in [1.29, 1.82) is 0 Å². The van der Waals surface area contributed by atoms with E-state index < -0.39 is 5.60 Å². The fourth-order valence-corrected chi connectivity index (χ4v) is 3.63. The second kappa shape index (κ2) is 5.73. The van der Waals surface area contributed by atoms with Crippen molar-refractivity contribution in [2.45, 2.75) is 32.4 Å². The van der Waals surface area contributed by atoms with Crippen LogP contribution in [0.2, 0.25) is 5.15 Å². The molecule has 0 unspecified atom stereocenters. The number of ether oxygens (including phenoxy) is 1. The van der Waals surface area contributed by atoms with Gasteiger partial charge in [0.2, 0.25) is 0 Å². The second-order valence-electron chi connectivity index (χ2n) is 7.73. The van der Waals surface area contributed by atoms with Crippen molar-refractivity contribution in [2.24, 2.45) is 11.8 Å². The van der Waals surface area contributed by atoms with Crippen LogP contribution >= 0.6 is 11.6 Å². The molecular weight excluding hydrogens is 340 g/mol. The van der Waals surface area contributed by atoms with Crippen LogP contribution in [0.25, 0.3) is 11.0 Å². The molecule has 2 fully saturated rings. The van der Waals surface area contributed by atoms with E-state index in [1.807, 2.05) is 45.0 Å². The number of hydrogen-bond donors (Lipinski definition) is 1. The molecule has 2 heterocycles. The third kappa shape index (κ3) is 3.23. The molecule has 1 N–H and O–H groups in total. The van der Waals surface area contributed by atoms with Gasteiger partial charge in [-0.2, -0.15) is 0 Å². The molecule has 132 valence electrons. The Balaban J connectivity index is 1.40. The molecule has 2 aromatic rings. The molecule has 1 saturated carbocycles. The van der Waals surface area contributed by atoms with Gasteiger partial charge in [-0.25, -0.2) is 14.8 Å². The van der Waals surface area contributed by atoms with Gasteiger partial charge in [0.15, 0.2) is 11.0 Å². The van der Waals surface area contributed by atoms with Crippen molar-refractivity contribution >= 4 is 34.5 Å². The highest BCUT2D eigenvalue weighted by molar-refractivity contribution is 6.32. The number of likely N-dealkylation sites (tertiary alicyclic amines) is 1. The lowest BCUT2D eigenvalue weighted by atomic mass is 10.2. The van der Waals surface area contributed by atoms with Gasteiger partial charge in [0.25, 0.3) is 0 Å². The summed E-state index contributed by atoms with van der Waals surface area (Å²) in [6.45, 7) is 7.05. The number of nitrogens with one attached hydrogen (secondary N) is 1. The predicted octanol–water partition coefficient (Wildman–Crippen LogP) is 3.56. The number of rotatable bonds is 2. The molecule has 7 heteroatoms. The maximum Gasteiger partial charge on any atom is 0.410 e. The number of nitrogens with zero attached hydrogens (tertiary/aromatic N) is 3. The third-order valence-corrected chi connectivity index (χ3v) is 4.94. The Bertz CT molecular complexity index is 823. The van der Waals surface area contributed by atoms with E-state index in [-0.39, 0.29) is 12.1 Å². The number of fused-ring (bicyclic) bond motifs is 2. The SMILES string of the molecule is CC(C)(C)OC(=O)N1C[C@@H]2[C@H](C1)[C@H]2Nc1nc2ccccc2nc1Cl. The van der Waals surface area contributed by atoms with E-state index >= 15 is 0 Å². The van der Waals surface area contributed by atoms with Crippen LogP contribution in [-0.2, 0) is 4.74 Å². The van der Waals surface area contributed by atoms with Crippen LogP contribution in [0.1, 0.15) is 20.8 Å². The average molecular weight is 361 g/mol. The largest absolute Gasteiger partial charge is 0.444 e. The molecular formula is C18H21ClN4O2. The van der Waals surface area contributed by atoms with E-state index in [0.717, 1.165) is 11.0 Å². The lowest BCUT2D eigenvalue weighted by Crippen LogP contribution is -2.38. The van der Waals surface area contributed by atoms with Crippen molar-refractivity contribution in [2.75, 3.05) is 18.4 Å². The summed E-state index contributed by atoms with van der Waals surface area (Å²) in [5.74, 6) is 1.44. The molecule has 0 radical (unpaired) electrons. The van der Waals surface area contributed by atoms with Gasteiger partial charge in [0.05, 0.1) is 11.0 Å². The first-order valence-corrected chi connectivity index (χ1v) is 8.86. The standard InChI is InChI=1S/C18H21ClN4O2/c1-18(2,3)25-17(24)23-8-10-11(9-23)14(10)22-16-15(19)20-12-6-4-5-7-13(12)21-16/h4-7,10-11,14H,8-9H2,1-3H3,(H,21,22)/t10-,11+,14+. The topological polar surface area (TPSA) is 67.3 Å². The second-order valence-corrected chi connectivity index (χ2v) is 8.09. The van der Waals surface area contributed by atoms with Crippen LogP contribution in [0.3, 0.4) is 0 Å². The first kappa shape index (κ1) is 16.4. The van der Waals surface area contributed by atoms with Crippen molar-refractivity contribution in [3.63, 3.8) is 0 Å². The van der Waals surface area contributed by atoms with Gasteiger partial charge in [0, 0.05) is 31.0 Å². The zero-order valence-electron chi connectivity index (χ0n) is 14.5. The highest BCUT2D eigenvalue weighted by atomic mass is 35.5. The zero-order valence-corrected chi connectivity index (χ0v) is 15.2. The molecule has 1 aliphatic heterocycles. The Morgan fingerprint density at radius 2 is 1.80 bits per heavy atom. The summed E-state index contributed by atoms with van der Waals surface area (Å²) in [4.78, 5) is 22.9. The number of aromatic nitrogens is 2. The van der Waals surface area contributed by atoms with Crippen LogP contribution in [0.4, 0.5) is 10.6 Å². The molecule has 0 bridgehead atoms. The summed E-state index contributed by atoms with van der Waals surface area (Å²) in [6.07, 6.45) is -0.234. The van der Waals surface area contributed by atoms with Gasteiger partial charge in [-0.1, -0.05) is 23.7 Å². The minimum absolute atomic E-state index is 0.234. The van der Waals surface area contributed by atoms with Gasteiger partial charge in [0.1, 0.15) is 5.60 Å². The molecule has 1 aromatic carbocycles. The quantitative estimate of drug-likeness (QED) is 0.886. The Labute approximate surface area is 151 Å². The smallest absolute Gasteiger partial charge is 0.410 e. The summed E-state index contributed by atoms with van der Waals surface area (Å²) in [6, 6.07) is 7.94. The molecule has 3 atom stereocenters. The van der Waals surface area contributed by atoms with E-state index in [2.05, 4.69) is 15.3 Å². The van der Waals surface area contributed by atoms with E-state index in [1.165, 1.54) is 0 Å². The molecule has 1 saturated heterocycles. The molecule has 0 spiro atoms. The van der Waals surface area contributed by atoms with Gasteiger partial charge in [-0.3, -0.25) is 0 Å². The first-order chi connectivity index (χ1) is 11.8. The molecule has 4 rings (SSSR count). The number of amides is 1. The molecule has 25 heavy (non-hydrogen) atoms.